The number of non-ortho nitro benzene ring substituents is 1. The quantitative estimate of drug-likeness (QED) is 0.687. The zero-order valence-electron chi connectivity index (χ0n) is 12.8. The molecule has 4 aliphatic rings. The van der Waals surface area contributed by atoms with Crippen LogP contribution in [0.15, 0.2) is 29.4 Å². The van der Waals surface area contributed by atoms with Crippen molar-refractivity contribution in [3.8, 4) is 0 Å². The van der Waals surface area contributed by atoms with Gasteiger partial charge in [0.15, 0.2) is 0 Å². The lowest BCUT2D eigenvalue weighted by atomic mass is 9.55. The summed E-state index contributed by atoms with van der Waals surface area (Å²) in [4.78, 5) is 22.3. The highest BCUT2D eigenvalue weighted by Gasteiger charge is 2.46. The Kier molecular flexibility index (Phi) is 3.39. The van der Waals surface area contributed by atoms with Crippen LogP contribution in [0.3, 0.4) is 0 Å². The van der Waals surface area contributed by atoms with Gasteiger partial charge in [-0.1, -0.05) is 0 Å². The number of benzene rings is 1. The van der Waals surface area contributed by atoms with E-state index in [-0.39, 0.29) is 11.6 Å². The highest BCUT2D eigenvalue weighted by atomic mass is 16.6. The lowest BCUT2D eigenvalue weighted by Crippen LogP contribution is -2.46. The first kappa shape index (κ1) is 14.4. The van der Waals surface area contributed by atoms with Gasteiger partial charge in [0.25, 0.3) is 11.6 Å². The van der Waals surface area contributed by atoms with Crippen molar-refractivity contribution < 1.29 is 9.72 Å². The second-order valence-corrected chi connectivity index (χ2v) is 7.09. The average molecular weight is 313 g/mol. The van der Waals surface area contributed by atoms with Crippen molar-refractivity contribution >= 4 is 17.3 Å². The van der Waals surface area contributed by atoms with Gasteiger partial charge in [0.2, 0.25) is 0 Å². The van der Waals surface area contributed by atoms with Crippen molar-refractivity contribution in [1.82, 2.24) is 5.43 Å². The van der Waals surface area contributed by atoms with Gasteiger partial charge in [-0.25, -0.2) is 5.43 Å². The van der Waals surface area contributed by atoms with Gasteiger partial charge in [-0.2, -0.15) is 5.10 Å². The van der Waals surface area contributed by atoms with Crippen LogP contribution in [0.2, 0.25) is 0 Å². The summed E-state index contributed by atoms with van der Waals surface area (Å²) in [5.74, 6) is 2.51. The summed E-state index contributed by atoms with van der Waals surface area (Å²) >= 11 is 0. The molecule has 120 valence electrons. The maximum atomic E-state index is 12.2. The number of carbonyl (C=O) groups is 1. The smallest absolute Gasteiger partial charge is 0.267 e. The normalized spacial score (nSPS) is 31.0. The Labute approximate surface area is 134 Å². The molecule has 4 bridgehead atoms. The molecule has 0 aliphatic heterocycles. The molecule has 6 heteroatoms. The van der Waals surface area contributed by atoms with Gasteiger partial charge in [0.1, 0.15) is 0 Å². The zero-order chi connectivity index (χ0) is 16.0. The molecule has 1 amide bonds. The number of nitro benzene ring substituents is 1. The molecule has 0 atom stereocenters. The van der Waals surface area contributed by atoms with Crippen molar-refractivity contribution in [2.75, 3.05) is 0 Å². The van der Waals surface area contributed by atoms with Crippen molar-refractivity contribution in [3.63, 3.8) is 0 Å². The SMILES string of the molecule is O=C(NN=C1C2CC3CC(C2)CC1C3)c1ccc([N+](=O)[O-])cc1. The molecule has 0 heterocycles. The third-order valence-electron chi connectivity index (χ3n) is 5.60. The van der Waals surface area contributed by atoms with Crippen LogP contribution in [0.4, 0.5) is 5.69 Å². The number of nitrogens with one attached hydrogen (secondary N) is 1. The summed E-state index contributed by atoms with van der Waals surface area (Å²) in [5.41, 5.74) is 4.20. The van der Waals surface area contributed by atoms with E-state index in [0.29, 0.717) is 17.4 Å². The molecule has 1 aromatic rings. The van der Waals surface area contributed by atoms with E-state index in [4.69, 9.17) is 0 Å². The number of hydrazone groups is 1. The van der Waals surface area contributed by atoms with E-state index in [1.807, 2.05) is 0 Å². The van der Waals surface area contributed by atoms with Gasteiger partial charge < -0.3 is 0 Å². The minimum Gasteiger partial charge on any atom is -0.267 e. The van der Waals surface area contributed by atoms with Crippen molar-refractivity contribution in [1.29, 1.82) is 0 Å². The highest BCUT2D eigenvalue weighted by Crippen LogP contribution is 2.52. The van der Waals surface area contributed by atoms with E-state index in [0.717, 1.165) is 11.8 Å². The number of hydrogen-bond acceptors (Lipinski definition) is 4. The van der Waals surface area contributed by atoms with Crippen LogP contribution in [0.5, 0.6) is 0 Å². The molecule has 0 radical (unpaired) electrons. The van der Waals surface area contributed by atoms with Gasteiger partial charge >= 0.3 is 0 Å². The predicted molar refractivity (Wildman–Crippen MR) is 85.0 cm³/mol. The first-order valence-electron chi connectivity index (χ1n) is 8.22. The summed E-state index contributed by atoms with van der Waals surface area (Å²) in [6.07, 6.45) is 6.27. The van der Waals surface area contributed by atoms with E-state index < -0.39 is 4.92 Å². The van der Waals surface area contributed by atoms with E-state index >= 15 is 0 Å². The third-order valence-corrected chi connectivity index (χ3v) is 5.60. The fraction of sp³-hybridized carbons (Fsp3) is 0.529. The second kappa shape index (κ2) is 5.44. The maximum Gasteiger partial charge on any atom is 0.271 e. The lowest BCUT2D eigenvalue weighted by Gasteiger charge is -2.50. The fourth-order valence-corrected chi connectivity index (χ4v) is 4.76. The van der Waals surface area contributed by atoms with Gasteiger partial charge in [0.05, 0.1) is 4.92 Å². The maximum absolute atomic E-state index is 12.2. The van der Waals surface area contributed by atoms with E-state index in [9.17, 15) is 14.9 Å². The Morgan fingerprint density at radius 2 is 1.61 bits per heavy atom. The van der Waals surface area contributed by atoms with Crippen LogP contribution in [0.1, 0.15) is 42.5 Å². The van der Waals surface area contributed by atoms with Crippen LogP contribution >= 0.6 is 0 Å². The Bertz CT molecular complexity index is 651. The van der Waals surface area contributed by atoms with Crippen LogP contribution in [-0.2, 0) is 0 Å². The van der Waals surface area contributed by atoms with Crippen LogP contribution < -0.4 is 5.43 Å². The molecule has 6 nitrogen and oxygen atoms in total. The van der Waals surface area contributed by atoms with Crippen molar-refractivity contribution in [2.45, 2.75) is 32.1 Å². The summed E-state index contributed by atoms with van der Waals surface area (Å²) in [7, 11) is 0. The molecule has 4 aliphatic carbocycles. The summed E-state index contributed by atoms with van der Waals surface area (Å²) in [5, 5.41) is 15.1. The molecule has 0 aromatic heterocycles. The van der Waals surface area contributed by atoms with Gasteiger partial charge in [-0.3, -0.25) is 14.9 Å². The molecular formula is C17H19N3O3. The average Bonchev–Trinajstić information content (AvgIpc) is 2.53. The minimum absolute atomic E-state index is 0.0195. The van der Waals surface area contributed by atoms with Gasteiger partial charge in [-0.15, -0.1) is 0 Å². The van der Waals surface area contributed by atoms with E-state index in [2.05, 4.69) is 10.5 Å². The Morgan fingerprint density at radius 3 is 2.13 bits per heavy atom. The molecule has 0 saturated heterocycles. The molecule has 1 N–H and O–H groups in total. The van der Waals surface area contributed by atoms with E-state index in [1.165, 1.54) is 62.1 Å². The first-order chi connectivity index (χ1) is 11.1. The molecule has 4 fully saturated rings. The number of carbonyl (C=O) groups excluding carboxylic acids is 1. The lowest BCUT2D eigenvalue weighted by molar-refractivity contribution is -0.384. The summed E-state index contributed by atoms with van der Waals surface area (Å²) < 4.78 is 0. The van der Waals surface area contributed by atoms with Crippen molar-refractivity contribution in [3.05, 3.63) is 39.9 Å². The van der Waals surface area contributed by atoms with E-state index in [1.54, 1.807) is 0 Å². The zero-order valence-corrected chi connectivity index (χ0v) is 12.8. The Hall–Kier alpha value is -2.24. The summed E-state index contributed by atoms with van der Waals surface area (Å²) in [6.45, 7) is 0. The molecule has 1 aromatic carbocycles. The Morgan fingerprint density at radius 1 is 1.04 bits per heavy atom. The topological polar surface area (TPSA) is 84.6 Å². The molecule has 5 rings (SSSR count). The van der Waals surface area contributed by atoms with Gasteiger partial charge in [-0.05, 0) is 67.9 Å². The molecule has 0 spiro atoms. The number of nitro groups is 1. The van der Waals surface area contributed by atoms with Crippen molar-refractivity contribution in [2.24, 2.45) is 28.8 Å². The highest BCUT2D eigenvalue weighted by molar-refractivity contribution is 5.96. The number of amides is 1. The monoisotopic (exact) mass is 313 g/mol. The number of hydrogen-bond donors (Lipinski definition) is 1. The molecule has 23 heavy (non-hydrogen) atoms. The first-order valence-corrected chi connectivity index (χ1v) is 8.22. The minimum atomic E-state index is -0.476. The largest absolute Gasteiger partial charge is 0.271 e. The van der Waals surface area contributed by atoms with Crippen LogP contribution in [-0.4, -0.2) is 16.5 Å². The van der Waals surface area contributed by atoms with Gasteiger partial charge in [0, 0.05) is 23.4 Å². The third kappa shape index (κ3) is 2.62. The number of nitrogens with zero attached hydrogens (tertiary/aromatic N) is 2. The molecular weight excluding hydrogens is 294 g/mol. The second-order valence-electron chi connectivity index (χ2n) is 7.09. The molecule has 0 unspecified atom stereocenters. The summed E-state index contributed by atoms with van der Waals surface area (Å²) in [6, 6.07) is 5.60. The number of rotatable bonds is 3. The Balaban J connectivity index is 1.46. The standard InChI is InChI=1S/C17H19N3O3/c21-17(12-1-3-15(4-2-12)20(22)23)19-18-16-13-6-10-5-11(8-13)9-14(16)7-10/h1-4,10-11,13-14H,5-9H2,(H,19,21). The van der Waals surface area contributed by atoms with Crippen LogP contribution in [0, 0.1) is 33.8 Å². The fourth-order valence-electron chi connectivity index (χ4n) is 4.76. The molecule has 4 saturated carbocycles. The predicted octanol–water partition coefficient (Wildman–Crippen LogP) is 3.14. The van der Waals surface area contributed by atoms with Crippen LogP contribution in [0.25, 0.3) is 0 Å².